The zero-order valence-electron chi connectivity index (χ0n) is 16.2. The van der Waals surface area contributed by atoms with Crippen LogP contribution in [0.2, 0.25) is 0 Å². The van der Waals surface area contributed by atoms with Crippen LogP contribution in [0.3, 0.4) is 0 Å². The molecule has 0 aliphatic heterocycles. The monoisotopic (exact) mass is 422 g/mol. The number of carbonyl (C=O) groups is 3. The molecule has 164 valence electrons. The van der Waals surface area contributed by atoms with Crippen molar-refractivity contribution in [1.82, 2.24) is 10.7 Å². The maximum Gasteiger partial charge on any atom is 0.490 e. The summed E-state index contributed by atoms with van der Waals surface area (Å²) in [6.45, 7) is 4.04. The molecule has 1 aromatic carbocycles. The molecule has 1 rings (SSSR count). The quantitative estimate of drug-likeness (QED) is 0.257. The van der Waals surface area contributed by atoms with Gasteiger partial charge in [0.2, 0.25) is 0 Å². The molecule has 2 amide bonds. The van der Waals surface area contributed by atoms with Gasteiger partial charge in [0.1, 0.15) is 12.6 Å². The summed E-state index contributed by atoms with van der Waals surface area (Å²) in [4.78, 5) is 32.3. The molecule has 12 heteroatoms. The van der Waals surface area contributed by atoms with Crippen LogP contribution in [0.4, 0.5) is 23.7 Å². The second-order valence-electron chi connectivity index (χ2n) is 6.16. The molecule has 0 spiro atoms. The number of amides is 2. The molecule has 0 saturated heterocycles. The molecule has 9 nitrogen and oxygen atoms in total. The summed E-state index contributed by atoms with van der Waals surface area (Å²) in [5, 5.41) is 12.7. The molecule has 0 bridgehead atoms. The number of alkyl halides is 3. The van der Waals surface area contributed by atoms with Gasteiger partial charge >= 0.3 is 18.2 Å². The van der Waals surface area contributed by atoms with E-state index < -0.39 is 30.2 Å². The van der Waals surface area contributed by atoms with Gasteiger partial charge in [-0.1, -0.05) is 26.0 Å². The van der Waals surface area contributed by atoms with E-state index in [0.29, 0.717) is 6.42 Å². The number of alkyl carbamates (subject to hydrolysis) is 1. The summed E-state index contributed by atoms with van der Waals surface area (Å²) in [5.74, 6) is 2.15. The molecule has 1 atom stereocenters. The predicted octanol–water partition coefficient (Wildman–Crippen LogP) is 1.99. The van der Waals surface area contributed by atoms with Crippen LogP contribution >= 0.6 is 0 Å². The minimum atomic E-state index is -5.08. The number of ether oxygens (including phenoxy) is 1. The number of hydrogen-bond donors (Lipinski definition) is 5. The van der Waals surface area contributed by atoms with E-state index in [1.165, 1.54) is 0 Å². The summed E-state index contributed by atoms with van der Waals surface area (Å²) in [6, 6.07) is 6.79. The average molecular weight is 422 g/mol. The third-order valence-electron chi connectivity index (χ3n) is 3.31. The Morgan fingerprint density at radius 2 is 1.69 bits per heavy atom. The lowest BCUT2D eigenvalue weighted by Crippen LogP contribution is -2.49. The van der Waals surface area contributed by atoms with E-state index in [1.807, 2.05) is 50.6 Å². The second-order valence-corrected chi connectivity index (χ2v) is 6.16. The number of carboxylic acid groups (broad SMARTS) is 1. The highest BCUT2D eigenvalue weighted by Crippen LogP contribution is 2.13. The summed E-state index contributed by atoms with van der Waals surface area (Å²) in [7, 11) is 1.83. The Morgan fingerprint density at radius 1 is 1.17 bits per heavy atom. The highest BCUT2D eigenvalue weighted by molar-refractivity contribution is 5.85. The van der Waals surface area contributed by atoms with Gasteiger partial charge in [-0.25, -0.2) is 15.4 Å². The second kappa shape index (κ2) is 12.4. The molecule has 0 aliphatic rings. The van der Waals surface area contributed by atoms with Gasteiger partial charge in [-0.05, 0) is 30.0 Å². The third kappa shape index (κ3) is 11.4. The van der Waals surface area contributed by atoms with Crippen LogP contribution in [0.5, 0.6) is 0 Å². The first-order valence-corrected chi connectivity index (χ1v) is 8.41. The van der Waals surface area contributed by atoms with Gasteiger partial charge in [0.25, 0.3) is 5.91 Å². The van der Waals surface area contributed by atoms with Crippen molar-refractivity contribution in [2.75, 3.05) is 12.4 Å². The minimum absolute atomic E-state index is 0.133. The Bertz CT molecular complexity index is 666. The lowest BCUT2D eigenvalue weighted by Gasteiger charge is -2.18. The van der Waals surface area contributed by atoms with Crippen LogP contribution in [0, 0.1) is 5.92 Å². The van der Waals surface area contributed by atoms with Crippen LogP contribution < -0.4 is 21.9 Å². The number of hydrazine groups is 1. The molecule has 0 aromatic heterocycles. The van der Waals surface area contributed by atoms with Gasteiger partial charge in [0.05, 0.1) is 0 Å². The van der Waals surface area contributed by atoms with Gasteiger partial charge < -0.3 is 20.5 Å². The molecule has 0 saturated carbocycles. The fraction of sp³-hybridized carbons (Fsp3) is 0.471. The SMILES string of the molecule is CNc1ccc(COC(=O)N[C@H](CC(C)C)C(=O)NN)cc1.O=C(O)C(F)(F)F. The van der Waals surface area contributed by atoms with Gasteiger partial charge in [-0.2, -0.15) is 13.2 Å². The summed E-state index contributed by atoms with van der Waals surface area (Å²) >= 11 is 0. The van der Waals surface area contributed by atoms with Crippen LogP contribution in [-0.4, -0.2) is 42.3 Å². The number of halogens is 3. The number of anilines is 1. The van der Waals surface area contributed by atoms with Crippen molar-refractivity contribution in [1.29, 1.82) is 0 Å². The Labute approximate surface area is 165 Å². The van der Waals surface area contributed by atoms with Crippen LogP contribution in [0.25, 0.3) is 0 Å². The number of aliphatic carboxylic acids is 1. The van der Waals surface area contributed by atoms with Crippen LogP contribution in [0.15, 0.2) is 24.3 Å². The third-order valence-corrected chi connectivity index (χ3v) is 3.31. The van der Waals surface area contributed by atoms with Crippen molar-refractivity contribution in [3.05, 3.63) is 29.8 Å². The molecule has 6 N–H and O–H groups in total. The van der Waals surface area contributed by atoms with Gasteiger partial charge in [-0.15, -0.1) is 0 Å². The van der Waals surface area contributed by atoms with E-state index in [2.05, 4.69) is 10.6 Å². The minimum Gasteiger partial charge on any atom is -0.475 e. The summed E-state index contributed by atoms with van der Waals surface area (Å²) in [5.41, 5.74) is 3.88. The molecule has 29 heavy (non-hydrogen) atoms. The average Bonchev–Trinajstić information content (AvgIpc) is 2.65. The molecular formula is C17H25F3N4O5. The number of nitrogens with one attached hydrogen (secondary N) is 3. The zero-order valence-corrected chi connectivity index (χ0v) is 16.2. The standard InChI is InChI=1S/C15H24N4O3.C2HF3O2/c1-10(2)8-13(14(20)19-16)18-15(21)22-9-11-4-6-12(17-3)7-5-11;3-2(4,5)1(6)7/h4-7,10,13,17H,8-9,16H2,1-3H3,(H,18,21)(H,19,20);(H,6,7)/t13-;/m1./s1. The number of benzene rings is 1. The zero-order chi connectivity index (χ0) is 22.6. The van der Waals surface area contributed by atoms with Crippen molar-refractivity contribution in [2.45, 2.75) is 39.1 Å². The number of nitrogens with two attached hydrogens (primary N) is 1. The highest BCUT2D eigenvalue weighted by Gasteiger charge is 2.38. The normalized spacial score (nSPS) is 11.6. The molecule has 0 fully saturated rings. The summed E-state index contributed by atoms with van der Waals surface area (Å²) < 4.78 is 36.9. The molecule has 0 unspecified atom stereocenters. The van der Waals surface area contributed by atoms with Crippen molar-refractivity contribution >= 4 is 23.7 Å². The van der Waals surface area contributed by atoms with Gasteiger partial charge in [0, 0.05) is 12.7 Å². The smallest absolute Gasteiger partial charge is 0.475 e. The van der Waals surface area contributed by atoms with E-state index in [4.69, 9.17) is 20.5 Å². The van der Waals surface area contributed by atoms with Gasteiger partial charge in [0.15, 0.2) is 0 Å². The Balaban J connectivity index is 0.000000956. The first-order valence-electron chi connectivity index (χ1n) is 8.41. The molecule has 1 aromatic rings. The molecular weight excluding hydrogens is 397 g/mol. The van der Waals surface area contributed by atoms with E-state index in [9.17, 15) is 22.8 Å². The number of carboxylic acids is 1. The number of hydrogen-bond acceptors (Lipinski definition) is 6. The Kier molecular flexibility index (Phi) is 11.1. The fourth-order valence-electron chi connectivity index (χ4n) is 1.90. The Hall–Kier alpha value is -3.02. The lowest BCUT2D eigenvalue weighted by atomic mass is 10.0. The van der Waals surface area contributed by atoms with E-state index in [1.54, 1.807) is 0 Å². The maximum absolute atomic E-state index is 11.8. The summed E-state index contributed by atoms with van der Waals surface area (Å²) in [6.07, 6.45) is -5.25. The van der Waals surface area contributed by atoms with E-state index >= 15 is 0 Å². The Morgan fingerprint density at radius 3 is 2.07 bits per heavy atom. The largest absolute Gasteiger partial charge is 0.490 e. The van der Waals surface area contributed by atoms with Crippen LogP contribution in [0.1, 0.15) is 25.8 Å². The van der Waals surface area contributed by atoms with Gasteiger partial charge in [-0.3, -0.25) is 10.2 Å². The predicted molar refractivity (Wildman–Crippen MR) is 98.6 cm³/mol. The van der Waals surface area contributed by atoms with Crippen molar-refractivity contribution in [3.8, 4) is 0 Å². The maximum atomic E-state index is 11.8. The van der Waals surface area contributed by atoms with E-state index in [0.717, 1.165) is 11.3 Å². The van der Waals surface area contributed by atoms with Crippen LogP contribution in [-0.2, 0) is 20.9 Å². The van der Waals surface area contributed by atoms with Crippen molar-refractivity contribution in [3.63, 3.8) is 0 Å². The van der Waals surface area contributed by atoms with Crippen molar-refractivity contribution in [2.24, 2.45) is 11.8 Å². The first kappa shape index (κ1) is 26.0. The first-order chi connectivity index (χ1) is 13.4. The van der Waals surface area contributed by atoms with Crippen molar-refractivity contribution < 1.29 is 37.4 Å². The van der Waals surface area contributed by atoms with E-state index in [-0.39, 0.29) is 12.5 Å². The molecule has 0 radical (unpaired) electrons. The number of rotatable bonds is 7. The highest BCUT2D eigenvalue weighted by atomic mass is 19.4. The molecule has 0 aliphatic carbocycles. The fourth-order valence-corrected chi connectivity index (χ4v) is 1.90. The lowest BCUT2D eigenvalue weighted by molar-refractivity contribution is -0.192. The number of carbonyl (C=O) groups excluding carboxylic acids is 2. The molecule has 0 heterocycles. The topological polar surface area (TPSA) is 143 Å².